The lowest BCUT2D eigenvalue weighted by molar-refractivity contribution is -0.251. The number of nitrogens with one attached hydrogen (secondary N) is 1. The molecule has 15 heteroatoms. The number of ether oxygens (including phenoxy) is 2. The minimum Gasteiger partial charge on any atom is -0.483 e. The molecule has 15 nitrogen and oxygen atoms in total. The number of hydroxylamine groups is 2. The first kappa shape index (κ1) is 39.8. The van der Waals surface area contributed by atoms with Crippen LogP contribution in [0.1, 0.15) is 116 Å². The number of aliphatic hydroxyl groups is 1. The number of rotatable bonds is 0. The summed E-state index contributed by atoms with van der Waals surface area (Å²) in [7, 11) is 0. The Balaban J connectivity index is 1.14. The van der Waals surface area contributed by atoms with Gasteiger partial charge in [0.15, 0.2) is 0 Å². The monoisotopic (exact) mass is 910 g/mol. The number of benzene rings is 2. The molecule has 2 saturated carbocycles. The summed E-state index contributed by atoms with van der Waals surface area (Å²) in [6.07, 6.45) is 10.5. The third-order valence-corrected chi connectivity index (χ3v) is 20.9. The maximum absolute atomic E-state index is 16.8. The zero-order chi connectivity index (χ0) is 46.7. The van der Waals surface area contributed by atoms with E-state index in [2.05, 4.69) is 19.2 Å². The van der Waals surface area contributed by atoms with E-state index in [9.17, 15) is 10.4 Å². The Morgan fingerprint density at radius 2 is 1.18 bits per heavy atom. The second-order valence-electron chi connectivity index (χ2n) is 25.1. The van der Waals surface area contributed by atoms with E-state index in [4.69, 9.17) is 9.47 Å². The van der Waals surface area contributed by atoms with Crippen molar-refractivity contribution in [3.05, 3.63) is 58.7 Å². The number of fused-ring (bicyclic) bond motifs is 10. The fraction of sp³-hybridized carbons (Fsp3) is 0.615. The van der Waals surface area contributed by atoms with Crippen LogP contribution in [0.15, 0.2) is 36.4 Å². The molecule has 9 saturated heterocycles. The minimum absolute atomic E-state index is 0.259. The van der Waals surface area contributed by atoms with Crippen LogP contribution < -0.4 is 24.9 Å². The molecule has 12 unspecified atom stereocenters. The zero-order valence-corrected chi connectivity index (χ0v) is 39.3. The van der Waals surface area contributed by atoms with Crippen LogP contribution in [-0.2, 0) is 30.2 Å². The van der Waals surface area contributed by atoms with Gasteiger partial charge in [0.1, 0.15) is 50.5 Å². The van der Waals surface area contributed by atoms with Gasteiger partial charge in [0.2, 0.25) is 17.7 Å². The Labute approximate surface area is 388 Å². The quantitative estimate of drug-likeness (QED) is 0.290. The summed E-state index contributed by atoms with van der Waals surface area (Å²) < 4.78 is 13.1. The topological polar surface area (TPSA) is 176 Å². The Morgan fingerprint density at radius 1 is 0.642 bits per heavy atom. The number of piperazine rings is 2. The molecule has 350 valence electrons. The van der Waals surface area contributed by atoms with Gasteiger partial charge in [0, 0.05) is 47.5 Å². The maximum Gasteiger partial charge on any atom is 0.251 e. The number of anilines is 2. The van der Waals surface area contributed by atoms with Crippen molar-refractivity contribution in [2.45, 2.75) is 156 Å². The van der Waals surface area contributed by atoms with Gasteiger partial charge in [-0.2, -0.15) is 0 Å². The molecule has 12 atom stereocenters. The van der Waals surface area contributed by atoms with Gasteiger partial charge >= 0.3 is 0 Å². The Morgan fingerprint density at radius 3 is 1.82 bits per heavy atom. The number of carbonyl (C=O) groups is 4. The smallest absolute Gasteiger partial charge is 0.251 e. The van der Waals surface area contributed by atoms with Gasteiger partial charge in [-0.25, -0.2) is 5.06 Å². The lowest BCUT2D eigenvalue weighted by Crippen LogP contribution is -2.93. The molecular weight excluding hydrogens is 853 g/mol. The SMILES string of the molecule is CC1(C)C=Cc2c(ccc3c2N(O)C2C(C)(C)C4CC56CCCN5C(=O)C45C(C32O)C23c4ccc7c(c4N(O)C2C(C)(C)C2CC48CCCN4C(=O)C2(NC8=O)C3N5C6=O)C=CC(C)(C)O7)O1. The second-order valence-corrected chi connectivity index (χ2v) is 25.1. The van der Waals surface area contributed by atoms with Crippen molar-refractivity contribution < 1.29 is 44.2 Å². The van der Waals surface area contributed by atoms with Gasteiger partial charge in [-0.15, -0.1) is 0 Å². The number of amides is 4. The highest BCUT2D eigenvalue weighted by atomic mass is 16.5. The van der Waals surface area contributed by atoms with Gasteiger partial charge in [-0.3, -0.25) is 34.7 Å². The van der Waals surface area contributed by atoms with Crippen LogP contribution in [0, 0.1) is 28.6 Å². The van der Waals surface area contributed by atoms with Crippen molar-refractivity contribution in [1.29, 1.82) is 0 Å². The van der Waals surface area contributed by atoms with E-state index in [0.29, 0.717) is 90.3 Å². The number of nitrogens with zero attached hydrogens (tertiary/aromatic N) is 5. The zero-order valence-electron chi connectivity index (χ0n) is 39.3. The molecule has 0 aromatic heterocycles. The summed E-state index contributed by atoms with van der Waals surface area (Å²) in [5, 5.41) is 48.1. The third kappa shape index (κ3) is 3.55. The fourth-order valence-corrected chi connectivity index (χ4v) is 19.2. The van der Waals surface area contributed by atoms with Crippen molar-refractivity contribution in [2.24, 2.45) is 28.6 Å². The van der Waals surface area contributed by atoms with Crippen molar-refractivity contribution in [2.75, 3.05) is 23.2 Å². The molecule has 17 rings (SSSR count). The van der Waals surface area contributed by atoms with E-state index in [1.165, 1.54) is 10.1 Å². The lowest BCUT2D eigenvalue weighted by atomic mass is 9.35. The van der Waals surface area contributed by atoms with Crippen LogP contribution >= 0.6 is 0 Å². The maximum atomic E-state index is 16.8. The molecule has 2 aromatic carbocycles. The summed E-state index contributed by atoms with van der Waals surface area (Å²) in [6.45, 7) is 16.7. The summed E-state index contributed by atoms with van der Waals surface area (Å²) in [5.74, 6) is -2.61. The molecule has 4 N–H and O–H groups in total. The van der Waals surface area contributed by atoms with Crippen LogP contribution in [0.5, 0.6) is 11.5 Å². The van der Waals surface area contributed by atoms with E-state index in [0.717, 1.165) is 0 Å². The number of carbonyl (C=O) groups excluding carboxylic acids is 4. The molecule has 2 aliphatic carbocycles. The molecular formula is C52H58N6O9. The van der Waals surface area contributed by atoms with Crippen LogP contribution in [-0.4, -0.2) is 118 Å². The molecule has 13 heterocycles. The van der Waals surface area contributed by atoms with Gasteiger partial charge in [0.05, 0.1) is 34.9 Å². The fourth-order valence-electron chi connectivity index (χ4n) is 19.2. The van der Waals surface area contributed by atoms with Gasteiger partial charge in [-0.1, -0.05) is 39.8 Å². The number of piperidine rings is 4. The van der Waals surface area contributed by atoms with Crippen molar-refractivity contribution in [3.63, 3.8) is 0 Å². The van der Waals surface area contributed by atoms with Crippen LogP contribution in [0.4, 0.5) is 11.4 Å². The highest BCUT2D eigenvalue weighted by Gasteiger charge is 2.98. The Kier molecular flexibility index (Phi) is 6.36. The molecule has 11 fully saturated rings. The second kappa shape index (κ2) is 10.7. The van der Waals surface area contributed by atoms with Gasteiger partial charge < -0.3 is 34.6 Å². The first-order valence-corrected chi connectivity index (χ1v) is 24.6. The summed E-state index contributed by atoms with van der Waals surface area (Å²) in [4.78, 5) is 70.5. The minimum atomic E-state index is -2.15. The van der Waals surface area contributed by atoms with Gasteiger partial charge in [-0.05, 0) is 119 Å². The summed E-state index contributed by atoms with van der Waals surface area (Å²) >= 11 is 0. The molecule has 2 aromatic rings. The molecule has 0 radical (unpaired) electrons. The first-order valence-electron chi connectivity index (χ1n) is 24.6. The van der Waals surface area contributed by atoms with Gasteiger partial charge in [0.25, 0.3) is 5.91 Å². The molecule has 4 bridgehead atoms. The van der Waals surface area contributed by atoms with Crippen LogP contribution in [0.3, 0.4) is 0 Å². The van der Waals surface area contributed by atoms with Crippen LogP contribution in [0.2, 0.25) is 0 Å². The average molecular weight is 911 g/mol. The molecule has 15 aliphatic rings. The highest BCUT2D eigenvalue weighted by Crippen LogP contribution is 2.84. The van der Waals surface area contributed by atoms with Crippen molar-refractivity contribution >= 4 is 47.2 Å². The predicted octanol–water partition coefficient (Wildman–Crippen LogP) is 4.63. The lowest BCUT2D eigenvalue weighted by Gasteiger charge is -2.72. The van der Waals surface area contributed by atoms with E-state index >= 15 is 24.3 Å². The van der Waals surface area contributed by atoms with Crippen molar-refractivity contribution in [1.82, 2.24) is 20.0 Å². The standard InChI is InChI=1S/C52H58N6O9/c1-43(2)19-15-25-29(66-43)13-11-27-33(25)57(64)36-45(5,6)31-23-47-17-9-21-54(47)41(61)50(31,53-39(47)59)38-49(27,36)35-51-32(24-48(40(60)56(38)51)18-10-22-55(48)42(51)62)46(7,8)37-52(35,63)28-12-14-30-26(34(28)58(37)65)16-20-44(3,4)67-30/h11-16,19-20,31-32,35-38,63-65H,9-10,17-18,21-24H2,1-8H3,(H,53,59). The number of hydrogen-bond acceptors (Lipinski definition) is 11. The number of hydrogen-bond donors (Lipinski definition) is 4. The van der Waals surface area contributed by atoms with Crippen LogP contribution in [0.25, 0.3) is 12.2 Å². The summed E-state index contributed by atoms with van der Waals surface area (Å²) in [6, 6.07) is 4.09. The van der Waals surface area contributed by atoms with Crippen molar-refractivity contribution in [3.8, 4) is 11.5 Å². The average Bonchev–Trinajstić information content (AvgIpc) is 4.05. The molecule has 4 amide bonds. The Hall–Kier alpha value is -5.12. The molecule has 67 heavy (non-hydrogen) atoms. The first-order chi connectivity index (χ1) is 31.5. The van der Waals surface area contributed by atoms with E-state index in [-0.39, 0.29) is 30.0 Å². The highest BCUT2D eigenvalue weighted by molar-refractivity contribution is 6.11. The van der Waals surface area contributed by atoms with E-state index in [1.807, 2.05) is 84.0 Å². The largest absolute Gasteiger partial charge is 0.483 e. The predicted molar refractivity (Wildman–Crippen MR) is 241 cm³/mol. The normalized spacial score (nSPS) is 45.2. The van der Waals surface area contributed by atoms with E-state index in [1.54, 1.807) is 20.8 Å². The Bertz CT molecular complexity index is 2930. The molecule has 5 spiro atoms. The molecule has 13 aliphatic heterocycles. The summed E-state index contributed by atoms with van der Waals surface area (Å²) in [5.41, 5.74) is -10.4. The van der Waals surface area contributed by atoms with E-state index < -0.39 is 91.1 Å². The third-order valence-electron chi connectivity index (χ3n) is 20.9.